The average Bonchev–Trinajstić information content (AvgIpc) is 3.21. The molecule has 0 atom stereocenters. The van der Waals surface area contributed by atoms with Crippen LogP contribution in [0, 0.1) is 18.3 Å². The summed E-state index contributed by atoms with van der Waals surface area (Å²) in [5.41, 5.74) is 4.04. The summed E-state index contributed by atoms with van der Waals surface area (Å²) in [6.45, 7) is 2.29. The van der Waals surface area contributed by atoms with Crippen LogP contribution in [-0.2, 0) is 16.1 Å². The molecule has 0 bridgehead atoms. The molecule has 4 aromatic rings. The zero-order valence-electron chi connectivity index (χ0n) is 19.2. The highest BCUT2D eigenvalue weighted by Gasteiger charge is 2.37. The minimum absolute atomic E-state index is 0.143. The van der Waals surface area contributed by atoms with Gasteiger partial charge in [-0.05, 0) is 54.5 Å². The van der Waals surface area contributed by atoms with Crippen molar-refractivity contribution >= 4 is 56.4 Å². The molecule has 1 saturated heterocycles. The van der Waals surface area contributed by atoms with Crippen LogP contribution in [0.15, 0.2) is 83.0 Å². The summed E-state index contributed by atoms with van der Waals surface area (Å²) in [5, 5.41) is 12.6. The van der Waals surface area contributed by atoms with Crippen LogP contribution < -0.4 is 10.2 Å². The van der Waals surface area contributed by atoms with Gasteiger partial charge in [0, 0.05) is 33.7 Å². The third kappa shape index (κ3) is 4.10. The predicted molar refractivity (Wildman–Crippen MR) is 140 cm³/mol. The number of barbiturate groups is 1. The zero-order chi connectivity index (χ0) is 25.4. The van der Waals surface area contributed by atoms with Crippen molar-refractivity contribution in [2.24, 2.45) is 0 Å². The van der Waals surface area contributed by atoms with Crippen LogP contribution in [0.5, 0.6) is 0 Å². The van der Waals surface area contributed by atoms with Gasteiger partial charge in [-0.2, -0.15) is 5.26 Å². The van der Waals surface area contributed by atoms with Gasteiger partial charge in [-0.25, -0.2) is 9.69 Å². The van der Waals surface area contributed by atoms with E-state index in [2.05, 4.69) is 27.3 Å². The number of anilines is 1. The highest BCUT2D eigenvalue weighted by atomic mass is 79.9. The molecule has 1 fully saturated rings. The van der Waals surface area contributed by atoms with Crippen molar-refractivity contribution in [2.75, 3.05) is 4.90 Å². The lowest BCUT2D eigenvalue weighted by molar-refractivity contribution is -0.122. The molecule has 2 heterocycles. The second kappa shape index (κ2) is 9.29. The Labute approximate surface area is 215 Å². The van der Waals surface area contributed by atoms with Crippen molar-refractivity contribution in [1.82, 2.24) is 9.88 Å². The van der Waals surface area contributed by atoms with Crippen LogP contribution in [0.3, 0.4) is 0 Å². The third-order valence-electron chi connectivity index (χ3n) is 6.10. The number of hydrogen-bond acceptors (Lipinski definition) is 4. The summed E-state index contributed by atoms with van der Waals surface area (Å²) in [6.07, 6.45) is 3.36. The van der Waals surface area contributed by atoms with Gasteiger partial charge in [0.25, 0.3) is 11.8 Å². The van der Waals surface area contributed by atoms with E-state index < -0.39 is 17.8 Å². The van der Waals surface area contributed by atoms with E-state index in [0.29, 0.717) is 23.4 Å². The fourth-order valence-electron chi connectivity index (χ4n) is 4.29. The number of nitriles is 1. The van der Waals surface area contributed by atoms with Crippen LogP contribution in [0.25, 0.3) is 17.0 Å². The van der Waals surface area contributed by atoms with Crippen LogP contribution >= 0.6 is 15.9 Å². The molecule has 1 aliphatic rings. The molecule has 0 saturated carbocycles. The largest absolute Gasteiger partial charge is 0.342 e. The maximum absolute atomic E-state index is 13.4. The highest BCUT2D eigenvalue weighted by Crippen LogP contribution is 2.29. The molecule has 7 nitrogen and oxygen atoms in total. The number of nitrogens with zero attached hydrogens (tertiary/aromatic N) is 3. The molecule has 1 aromatic heterocycles. The van der Waals surface area contributed by atoms with Gasteiger partial charge < -0.3 is 4.57 Å². The van der Waals surface area contributed by atoms with E-state index in [-0.39, 0.29) is 5.57 Å². The summed E-state index contributed by atoms with van der Waals surface area (Å²) in [7, 11) is 0. The van der Waals surface area contributed by atoms with Crippen molar-refractivity contribution in [3.8, 4) is 6.07 Å². The number of urea groups is 1. The molecule has 5 rings (SSSR count). The first kappa shape index (κ1) is 23.3. The number of para-hydroxylation sites is 1. The maximum atomic E-state index is 13.4. The van der Waals surface area contributed by atoms with Crippen molar-refractivity contribution in [2.45, 2.75) is 13.5 Å². The molecule has 0 unspecified atom stereocenters. The Morgan fingerprint density at radius 2 is 1.78 bits per heavy atom. The van der Waals surface area contributed by atoms with Crippen LogP contribution in [0.4, 0.5) is 10.5 Å². The van der Waals surface area contributed by atoms with Crippen LogP contribution in [0.1, 0.15) is 22.3 Å². The van der Waals surface area contributed by atoms with Crippen molar-refractivity contribution in [3.05, 3.63) is 105 Å². The first-order valence-electron chi connectivity index (χ1n) is 11.1. The number of aromatic nitrogens is 1. The number of nitrogens with one attached hydrogen (secondary N) is 1. The highest BCUT2D eigenvalue weighted by molar-refractivity contribution is 9.10. The number of imide groups is 2. The van der Waals surface area contributed by atoms with E-state index in [1.54, 1.807) is 24.3 Å². The van der Waals surface area contributed by atoms with Gasteiger partial charge in [-0.15, -0.1) is 0 Å². The van der Waals surface area contributed by atoms with Gasteiger partial charge in [-0.1, -0.05) is 52.3 Å². The maximum Gasteiger partial charge on any atom is 0.335 e. The third-order valence-corrected chi connectivity index (χ3v) is 6.99. The first-order chi connectivity index (χ1) is 17.4. The Kier molecular flexibility index (Phi) is 6.00. The van der Waals surface area contributed by atoms with Crippen LogP contribution in [-0.4, -0.2) is 22.4 Å². The molecular weight excluding hydrogens is 520 g/mol. The summed E-state index contributed by atoms with van der Waals surface area (Å²) in [4.78, 5) is 39.7. The SMILES string of the molecule is Cc1cc(N2C(=O)NC(=O)/C(=C\c3cn(Cc4ccccc4C#N)c4ccccc34)C2=O)ccc1Br. The average molecular weight is 539 g/mol. The van der Waals surface area contributed by atoms with E-state index in [9.17, 15) is 19.6 Å². The van der Waals surface area contributed by atoms with Gasteiger partial charge in [0.2, 0.25) is 0 Å². The fraction of sp³-hybridized carbons (Fsp3) is 0.0714. The van der Waals surface area contributed by atoms with E-state index in [1.165, 1.54) is 6.08 Å². The molecule has 4 amide bonds. The Hall–Kier alpha value is -4.48. The summed E-state index contributed by atoms with van der Waals surface area (Å²) < 4.78 is 2.82. The first-order valence-corrected chi connectivity index (χ1v) is 11.9. The number of fused-ring (bicyclic) bond motifs is 1. The van der Waals surface area contributed by atoms with E-state index in [4.69, 9.17) is 0 Å². The molecule has 176 valence electrons. The van der Waals surface area contributed by atoms with Crippen molar-refractivity contribution in [3.63, 3.8) is 0 Å². The number of amides is 4. The number of carbonyl (C=O) groups excluding carboxylic acids is 3. The molecule has 8 heteroatoms. The zero-order valence-corrected chi connectivity index (χ0v) is 20.7. The predicted octanol–water partition coefficient (Wildman–Crippen LogP) is 5.30. The minimum atomic E-state index is -0.792. The standard InChI is InChI=1S/C28H19BrN4O3/c1-17-12-21(10-11-24(17)29)33-27(35)23(26(34)31-28(33)36)13-20-16-32(25-9-5-4-8-22(20)25)15-19-7-3-2-6-18(19)14-30/h2-13,16H,15H2,1H3,(H,31,34,36)/b23-13+. The lowest BCUT2D eigenvalue weighted by Crippen LogP contribution is -2.54. The Bertz CT molecular complexity index is 1640. The number of hydrogen-bond donors (Lipinski definition) is 1. The fourth-order valence-corrected chi connectivity index (χ4v) is 4.53. The minimum Gasteiger partial charge on any atom is -0.342 e. The summed E-state index contributed by atoms with van der Waals surface area (Å²) >= 11 is 3.42. The van der Waals surface area contributed by atoms with Gasteiger partial charge in [0.1, 0.15) is 5.57 Å². The Balaban J connectivity index is 1.58. The topological polar surface area (TPSA) is 95.2 Å². The van der Waals surface area contributed by atoms with Crippen molar-refractivity contribution in [1.29, 1.82) is 5.26 Å². The normalized spacial score (nSPS) is 14.9. The number of halogens is 1. The van der Waals surface area contributed by atoms with Gasteiger partial charge in [-0.3, -0.25) is 14.9 Å². The van der Waals surface area contributed by atoms with E-state index >= 15 is 0 Å². The number of carbonyl (C=O) groups is 3. The summed E-state index contributed by atoms with van der Waals surface area (Å²) in [6, 6.07) is 21.5. The summed E-state index contributed by atoms with van der Waals surface area (Å²) in [5.74, 6) is -1.45. The van der Waals surface area contributed by atoms with Crippen molar-refractivity contribution < 1.29 is 14.4 Å². The lowest BCUT2D eigenvalue weighted by Gasteiger charge is -2.26. The quantitative estimate of drug-likeness (QED) is 0.281. The Morgan fingerprint density at radius 1 is 1.03 bits per heavy atom. The van der Waals surface area contributed by atoms with E-state index in [0.717, 1.165) is 31.4 Å². The molecule has 0 radical (unpaired) electrons. The van der Waals surface area contributed by atoms with Gasteiger partial charge >= 0.3 is 6.03 Å². The van der Waals surface area contributed by atoms with Crippen LogP contribution in [0.2, 0.25) is 0 Å². The smallest absolute Gasteiger partial charge is 0.335 e. The molecule has 0 spiro atoms. The molecule has 36 heavy (non-hydrogen) atoms. The van der Waals surface area contributed by atoms with Gasteiger partial charge in [0.05, 0.1) is 17.3 Å². The lowest BCUT2D eigenvalue weighted by atomic mass is 10.1. The van der Waals surface area contributed by atoms with Gasteiger partial charge in [0.15, 0.2) is 0 Å². The van der Waals surface area contributed by atoms with E-state index in [1.807, 2.05) is 60.2 Å². The molecule has 0 aliphatic carbocycles. The Morgan fingerprint density at radius 3 is 2.56 bits per heavy atom. The molecule has 3 aromatic carbocycles. The molecular formula is C28H19BrN4O3. The second-order valence-corrected chi connectivity index (χ2v) is 9.24. The molecule has 1 N–H and O–H groups in total. The number of benzene rings is 3. The number of rotatable bonds is 4. The monoisotopic (exact) mass is 538 g/mol. The second-order valence-electron chi connectivity index (χ2n) is 8.39. The molecule has 1 aliphatic heterocycles. The number of aryl methyl sites for hydroxylation is 1.